The van der Waals surface area contributed by atoms with Gasteiger partial charge in [0.1, 0.15) is 5.82 Å². The summed E-state index contributed by atoms with van der Waals surface area (Å²) in [6.07, 6.45) is 4.54. The van der Waals surface area contributed by atoms with Crippen LogP contribution in [0, 0.1) is 18.6 Å². The van der Waals surface area contributed by atoms with Gasteiger partial charge in [0, 0.05) is 29.7 Å². The monoisotopic (exact) mass is 271 g/mol. The lowest BCUT2D eigenvalue weighted by Gasteiger charge is -2.09. The molecule has 3 rings (SSSR count). The van der Waals surface area contributed by atoms with Gasteiger partial charge in [0.15, 0.2) is 11.6 Å². The standard InChI is InChI=1S/C15H11F2N3/c1-9-2-5-19-15(14(9)17)20-11-6-10-3-4-18-8-12(10)13(16)7-11/h2-8H,1H3,(H,19,20). The van der Waals surface area contributed by atoms with Crippen molar-refractivity contribution in [3.05, 3.63) is 60.1 Å². The Morgan fingerprint density at radius 2 is 1.95 bits per heavy atom. The highest BCUT2D eigenvalue weighted by molar-refractivity contribution is 5.86. The van der Waals surface area contributed by atoms with E-state index in [1.807, 2.05) is 0 Å². The van der Waals surface area contributed by atoms with Crippen molar-refractivity contribution in [3.8, 4) is 0 Å². The highest BCUT2D eigenvalue weighted by atomic mass is 19.1. The van der Waals surface area contributed by atoms with Crippen LogP contribution in [0.25, 0.3) is 10.8 Å². The van der Waals surface area contributed by atoms with E-state index in [4.69, 9.17) is 0 Å². The molecule has 0 amide bonds. The molecule has 1 aromatic carbocycles. The fraction of sp³-hybridized carbons (Fsp3) is 0.0667. The van der Waals surface area contributed by atoms with Gasteiger partial charge in [-0.3, -0.25) is 4.98 Å². The number of halogens is 2. The molecule has 0 saturated carbocycles. The van der Waals surface area contributed by atoms with Gasteiger partial charge >= 0.3 is 0 Å². The second-order valence-electron chi connectivity index (χ2n) is 4.47. The number of anilines is 2. The van der Waals surface area contributed by atoms with Crippen molar-refractivity contribution in [2.24, 2.45) is 0 Å². The Labute approximate surface area is 114 Å². The summed E-state index contributed by atoms with van der Waals surface area (Å²) in [5, 5.41) is 3.92. The maximum atomic E-state index is 13.9. The van der Waals surface area contributed by atoms with E-state index in [0.29, 0.717) is 22.0 Å². The molecule has 0 atom stereocenters. The fourth-order valence-corrected chi connectivity index (χ4v) is 1.99. The molecule has 0 saturated heterocycles. The van der Waals surface area contributed by atoms with Crippen molar-refractivity contribution in [1.82, 2.24) is 9.97 Å². The average Bonchev–Trinajstić information content (AvgIpc) is 2.44. The first-order chi connectivity index (χ1) is 9.65. The lowest BCUT2D eigenvalue weighted by molar-refractivity contribution is 0.617. The number of nitrogens with zero attached hydrogens (tertiary/aromatic N) is 2. The Morgan fingerprint density at radius 3 is 2.80 bits per heavy atom. The first-order valence-corrected chi connectivity index (χ1v) is 6.06. The quantitative estimate of drug-likeness (QED) is 0.766. The summed E-state index contributed by atoms with van der Waals surface area (Å²) in [5.74, 6) is -0.772. The number of nitrogens with one attached hydrogen (secondary N) is 1. The van der Waals surface area contributed by atoms with Crippen LogP contribution in [0.5, 0.6) is 0 Å². The number of hydrogen-bond acceptors (Lipinski definition) is 3. The van der Waals surface area contributed by atoms with Crippen molar-refractivity contribution in [1.29, 1.82) is 0 Å². The van der Waals surface area contributed by atoms with Gasteiger partial charge in [0.2, 0.25) is 0 Å². The molecule has 3 nitrogen and oxygen atoms in total. The number of benzene rings is 1. The van der Waals surface area contributed by atoms with Crippen LogP contribution >= 0.6 is 0 Å². The van der Waals surface area contributed by atoms with Gasteiger partial charge < -0.3 is 5.32 Å². The molecular formula is C15H11F2N3. The third-order valence-corrected chi connectivity index (χ3v) is 3.05. The molecule has 5 heteroatoms. The summed E-state index contributed by atoms with van der Waals surface area (Å²) in [7, 11) is 0. The van der Waals surface area contributed by atoms with E-state index in [-0.39, 0.29) is 5.82 Å². The molecular weight excluding hydrogens is 260 g/mol. The van der Waals surface area contributed by atoms with Crippen LogP contribution in [0.15, 0.2) is 42.9 Å². The summed E-state index contributed by atoms with van der Waals surface area (Å²) >= 11 is 0. The zero-order valence-corrected chi connectivity index (χ0v) is 10.7. The number of pyridine rings is 2. The molecule has 0 radical (unpaired) electrons. The van der Waals surface area contributed by atoms with E-state index < -0.39 is 11.6 Å². The van der Waals surface area contributed by atoms with E-state index in [2.05, 4.69) is 15.3 Å². The van der Waals surface area contributed by atoms with E-state index in [1.54, 1.807) is 31.3 Å². The summed E-state index contributed by atoms with van der Waals surface area (Å²) in [6, 6.07) is 6.30. The summed E-state index contributed by atoms with van der Waals surface area (Å²) < 4.78 is 27.8. The van der Waals surface area contributed by atoms with Crippen LogP contribution in [-0.2, 0) is 0 Å². The summed E-state index contributed by atoms with van der Waals surface area (Å²) in [6.45, 7) is 1.65. The fourth-order valence-electron chi connectivity index (χ4n) is 1.99. The summed E-state index contributed by atoms with van der Waals surface area (Å²) in [5.41, 5.74) is 0.922. The molecule has 3 aromatic rings. The van der Waals surface area contributed by atoms with Gasteiger partial charge in [0.05, 0.1) is 0 Å². The molecule has 0 bridgehead atoms. The smallest absolute Gasteiger partial charge is 0.168 e. The molecule has 0 unspecified atom stereocenters. The van der Waals surface area contributed by atoms with Crippen LogP contribution in [-0.4, -0.2) is 9.97 Å². The Hall–Kier alpha value is -2.56. The molecule has 0 aliphatic rings. The number of rotatable bonds is 2. The molecule has 0 fully saturated rings. The molecule has 20 heavy (non-hydrogen) atoms. The Morgan fingerprint density at radius 1 is 1.10 bits per heavy atom. The Balaban J connectivity index is 2.05. The third kappa shape index (κ3) is 2.18. The zero-order valence-electron chi connectivity index (χ0n) is 10.7. The number of aromatic nitrogens is 2. The second kappa shape index (κ2) is 4.85. The molecule has 2 heterocycles. The molecule has 0 spiro atoms. The SMILES string of the molecule is Cc1ccnc(Nc2cc(F)c3cnccc3c2)c1F. The predicted molar refractivity (Wildman–Crippen MR) is 73.9 cm³/mol. The number of aryl methyl sites for hydroxylation is 1. The van der Waals surface area contributed by atoms with Crippen molar-refractivity contribution in [2.75, 3.05) is 5.32 Å². The first-order valence-electron chi connectivity index (χ1n) is 6.06. The third-order valence-electron chi connectivity index (χ3n) is 3.05. The topological polar surface area (TPSA) is 37.8 Å². The highest BCUT2D eigenvalue weighted by Crippen LogP contribution is 2.25. The second-order valence-corrected chi connectivity index (χ2v) is 4.47. The molecule has 0 aliphatic heterocycles. The van der Waals surface area contributed by atoms with Gasteiger partial charge in [-0.1, -0.05) is 0 Å². The van der Waals surface area contributed by atoms with Crippen molar-refractivity contribution in [3.63, 3.8) is 0 Å². The van der Waals surface area contributed by atoms with Gasteiger partial charge in [-0.05, 0) is 42.1 Å². The van der Waals surface area contributed by atoms with Crippen LogP contribution in [0.3, 0.4) is 0 Å². The Bertz CT molecular complexity index is 787. The maximum Gasteiger partial charge on any atom is 0.168 e. The van der Waals surface area contributed by atoms with Crippen LogP contribution in [0.2, 0.25) is 0 Å². The Kier molecular flexibility index (Phi) is 3.02. The first kappa shape index (κ1) is 12.5. The summed E-state index contributed by atoms with van der Waals surface area (Å²) in [4.78, 5) is 7.80. The molecule has 1 N–H and O–H groups in total. The van der Waals surface area contributed by atoms with Crippen LogP contribution < -0.4 is 5.32 Å². The van der Waals surface area contributed by atoms with E-state index >= 15 is 0 Å². The lowest BCUT2D eigenvalue weighted by Crippen LogP contribution is -1.99. The van der Waals surface area contributed by atoms with E-state index in [1.165, 1.54) is 18.5 Å². The minimum Gasteiger partial charge on any atom is -0.338 e. The van der Waals surface area contributed by atoms with Crippen molar-refractivity contribution in [2.45, 2.75) is 6.92 Å². The highest BCUT2D eigenvalue weighted by Gasteiger charge is 2.09. The van der Waals surface area contributed by atoms with Crippen LogP contribution in [0.4, 0.5) is 20.3 Å². The lowest BCUT2D eigenvalue weighted by atomic mass is 10.1. The van der Waals surface area contributed by atoms with Gasteiger partial charge in [0.25, 0.3) is 0 Å². The van der Waals surface area contributed by atoms with E-state index in [0.717, 1.165) is 0 Å². The van der Waals surface area contributed by atoms with Gasteiger partial charge in [-0.2, -0.15) is 0 Å². The van der Waals surface area contributed by atoms with Crippen molar-refractivity contribution < 1.29 is 8.78 Å². The minimum atomic E-state index is -0.442. The number of hydrogen-bond donors (Lipinski definition) is 1. The largest absolute Gasteiger partial charge is 0.338 e. The van der Waals surface area contributed by atoms with Gasteiger partial charge in [-0.25, -0.2) is 13.8 Å². The van der Waals surface area contributed by atoms with Gasteiger partial charge in [-0.15, -0.1) is 0 Å². The maximum absolute atomic E-state index is 13.9. The van der Waals surface area contributed by atoms with Crippen LogP contribution in [0.1, 0.15) is 5.56 Å². The molecule has 2 aromatic heterocycles. The minimum absolute atomic E-state index is 0.0813. The average molecular weight is 271 g/mol. The normalized spacial score (nSPS) is 10.8. The van der Waals surface area contributed by atoms with E-state index in [9.17, 15) is 8.78 Å². The molecule has 100 valence electrons. The zero-order chi connectivity index (χ0) is 14.1. The predicted octanol–water partition coefficient (Wildman–Crippen LogP) is 3.96. The van der Waals surface area contributed by atoms with Crippen molar-refractivity contribution >= 4 is 22.3 Å². The number of fused-ring (bicyclic) bond motifs is 1. The molecule has 0 aliphatic carbocycles.